The number of nitrogens with zero attached hydrogens (tertiary/aromatic N) is 4. The van der Waals surface area contributed by atoms with Gasteiger partial charge in [0.05, 0.1) is 19.9 Å². The van der Waals surface area contributed by atoms with E-state index >= 15 is 0 Å². The van der Waals surface area contributed by atoms with E-state index in [0.29, 0.717) is 10.8 Å². The molecule has 0 fully saturated rings. The monoisotopic (exact) mass is 321 g/mol. The molecule has 8 nitrogen and oxygen atoms in total. The Morgan fingerprint density at radius 1 is 1.32 bits per heavy atom. The molecule has 0 unspecified atom stereocenters. The van der Waals surface area contributed by atoms with E-state index in [9.17, 15) is 4.79 Å². The number of hydrazone groups is 1. The zero-order chi connectivity index (χ0) is 15.9. The number of methoxy groups -OCH3 is 2. The Bertz CT molecular complexity index is 669. The van der Waals surface area contributed by atoms with Crippen LogP contribution in [0, 0.1) is 0 Å². The summed E-state index contributed by atoms with van der Waals surface area (Å²) in [7, 11) is 4.66. The smallest absolute Gasteiger partial charge is 0.365 e. The number of anilines is 1. The van der Waals surface area contributed by atoms with Crippen molar-refractivity contribution in [1.29, 1.82) is 0 Å². The molecule has 1 aromatic heterocycles. The lowest BCUT2D eigenvalue weighted by molar-refractivity contribution is -0.132. The summed E-state index contributed by atoms with van der Waals surface area (Å²) in [6, 6.07) is 7.13. The highest BCUT2D eigenvalue weighted by molar-refractivity contribution is 8.15. The number of benzene rings is 1. The van der Waals surface area contributed by atoms with Crippen molar-refractivity contribution < 1.29 is 14.3 Å². The van der Waals surface area contributed by atoms with Gasteiger partial charge in [-0.05, 0) is 36.0 Å². The van der Waals surface area contributed by atoms with Crippen molar-refractivity contribution in [3.8, 4) is 5.75 Å². The number of aromatic nitrogens is 3. The number of rotatable bonds is 4. The second-order valence-electron chi connectivity index (χ2n) is 4.08. The quantitative estimate of drug-likeness (QED) is 0.300. The molecule has 0 aliphatic heterocycles. The molecule has 9 heteroatoms. The van der Waals surface area contributed by atoms with Crippen LogP contribution in [0.3, 0.4) is 0 Å². The Kier molecular flexibility index (Phi) is 5.37. The van der Waals surface area contributed by atoms with Crippen LogP contribution in [0.2, 0.25) is 0 Å². The van der Waals surface area contributed by atoms with Crippen molar-refractivity contribution in [3.05, 3.63) is 30.6 Å². The van der Waals surface area contributed by atoms with Crippen LogP contribution in [0.5, 0.6) is 5.75 Å². The van der Waals surface area contributed by atoms with Gasteiger partial charge in [-0.2, -0.15) is 5.10 Å². The fraction of sp³-hybridized carbons (Fsp3) is 0.231. The summed E-state index contributed by atoms with van der Waals surface area (Å²) in [5.74, 6) is 0.171. The third-order valence-electron chi connectivity index (χ3n) is 2.59. The molecule has 22 heavy (non-hydrogen) atoms. The molecule has 116 valence electrons. The van der Waals surface area contributed by atoms with E-state index in [1.54, 1.807) is 43.0 Å². The van der Waals surface area contributed by atoms with Crippen LogP contribution in [-0.4, -0.2) is 40.0 Å². The number of ether oxygens (including phenoxy) is 2. The van der Waals surface area contributed by atoms with E-state index < -0.39 is 5.97 Å². The number of carbonyl (C=O) groups is 1. The molecule has 1 heterocycles. The van der Waals surface area contributed by atoms with E-state index in [4.69, 9.17) is 9.47 Å². The van der Waals surface area contributed by atoms with Crippen molar-refractivity contribution >= 4 is 28.5 Å². The number of hydrogen-bond acceptors (Lipinski definition) is 8. The van der Waals surface area contributed by atoms with Crippen molar-refractivity contribution in [2.45, 2.75) is 5.16 Å². The van der Waals surface area contributed by atoms with Crippen molar-refractivity contribution in [2.24, 2.45) is 12.1 Å². The first kappa shape index (κ1) is 15.8. The summed E-state index contributed by atoms with van der Waals surface area (Å²) >= 11 is 1.06. The van der Waals surface area contributed by atoms with Crippen molar-refractivity contribution in [3.63, 3.8) is 0 Å². The molecule has 0 bridgehead atoms. The summed E-state index contributed by atoms with van der Waals surface area (Å²) < 4.78 is 11.5. The normalized spacial score (nSPS) is 11.1. The molecule has 1 N–H and O–H groups in total. The standard InChI is InChI=1S/C13H15N5O3S/c1-18-8-14-17-13(18)22-11(12(19)21-3)16-15-9-4-6-10(20-2)7-5-9/h4-8,15H,1-3H3. The highest BCUT2D eigenvalue weighted by atomic mass is 32.2. The number of thioether (sulfide) groups is 1. The minimum absolute atomic E-state index is 0.120. The van der Waals surface area contributed by atoms with Gasteiger partial charge in [0.1, 0.15) is 12.1 Å². The molecule has 0 saturated carbocycles. The van der Waals surface area contributed by atoms with Gasteiger partial charge in [0, 0.05) is 7.05 Å². The molecule has 0 saturated heterocycles. The third kappa shape index (κ3) is 3.98. The maximum atomic E-state index is 11.8. The predicted octanol–water partition coefficient (Wildman–Crippen LogP) is 1.51. The van der Waals surface area contributed by atoms with Gasteiger partial charge in [-0.3, -0.25) is 5.43 Å². The predicted molar refractivity (Wildman–Crippen MR) is 82.9 cm³/mol. The summed E-state index contributed by atoms with van der Waals surface area (Å²) in [5, 5.41) is 12.4. The van der Waals surface area contributed by atoms with E-state index in [2.05, 4.69) is 20.7 Å². The summed E-state index contributed by atoms with van der Waals surface area (Å²) in [6.07, 6.45) is 1.54. The topological polar surface area (TPSA) is 90.6 Å². The van der Waals surface area contributed by atoms with E-state index in [1.807, 2.05) is 0 Å². The van der Waals surface area contributed by atoms with Crippen LogP contribution in [0.1, 0.15) is 0 Å². The lowest BCUT2D eigenvalue weighted by atomic mass is 10.3. The first-order valence-electron chi connectivity index (χ1n) is 6.22. The van der Waals surface area contributed by atoms with Crippen LogP contribution in [0.25, 0.3) is 0 Å². The van der Waals surface area contributed by atoms with Gasteiger partial charge in [0.2, 0.25) is 5.04 Å². The zero-order valence-corrected chi connectivity index (χ0v) is 13.1. The van der Waals surface area contributed by atoms with E-state index in [-0.39, 0.29) is 5.04 Å². The van der Waals surface area contributed by atoms with Gasteiger partial charge in [-0.15, -0.1) is 10.2 Å². The molecule has 0 atom stereocenters. The number of aryl methyl sites for hydroxylation is 1. The molecule has 0 spiro atoms. The summed E-state index contributed by atoms with van der Waals surface area (Å²) in [4.78, 5) is 11.8. The van der Waals surface area contributed by atoms with Crippen LogP contribution in [0.4, 0.5) is 5.69 Å². The van der Waals surface area contributed by atoms with Gasteiger partial charge in [0.15, 0.2) is 5.16 Å². The van der Waals surface area contributed by atoms with Crippen molar-refractivity contribution in [1.82, 2.24) is 14.8 Å². The molecular weight excluding hydrogens is 306 g/mol. The maximum Gasteiger partial charge on any atom is 0.365 e. The highest BCUT2D eigenvalue weighted by Gasteiger charge is 2.17. The fourth-order valence-electron chi connectivity index (χ4n) is 1.43. The second kappa shape index (κ2) is 7.46. The molecule has 1 aromatic carbocycles. The molecule has 0 amide bonds. The largest absolute Gasteiger partial charge is 0.497 e. The number of carbonyl (C=O) groups excluding carboxylic acids is 1. The van der Waals surface area contributed by atoms with E-state index in [1.165, 1.54) is 13.4 Å². The molecule has 0 radical (unpaired) electrons. The van der Waals surface area contributed by atoms with Crippen molar-refractivity contribution in [2.75, 3.05) is 19.6 Å². The highest BCUT2D eigenvalue weighted by Crippen LogP contribution is 2.19. The Balaban J connectivity index is 2.13. The summed E-state index contributed by atoms with van der Waals surface area (Å²) in [6.45, 7) is 0. The SMILES string of the molecule is COC(=O)C(=NNc1ccc(OC)cc1)Sc1nncn1C. The van der Waals surface area contributed by atoms with Gasteiger partial charge < -0.3 is 14.0 Å². The van der Waals surface area contributed by atoms with Gasteiger partial charge in [-0.25, -0.2) is 4.79 Å². The third-order valence-corrected chi connectivity index (χ3v) is 3.60. The molecular formula is C13H15N5O3S. The van der Waals surface area contributed by atoms with Gasteiger partial charge in [0.25, 0.3) is 0 Å². The Labute approximate surface area is 131 Å². The Morgan fingerprint density at radius 3 is 2.59 bits per heavy atom. The average molecular weight is 321 g/mol. The molecule has 0 aliphatic rings. The minimum Gasteiger partial charge on any atom is -0.497 e. The molecule has 0 aliphatic carbocycles. The minimum atomic E-state index is -0.561. The summed E-state index contributed by atoms with van der Waals surface area (Å²) in [5.41, 5.74) is 3.51. The first-order valence-corrected chi connectivity index (χ1v) is 7.03. The Hall–Kier alpha value is -2.55. The van der Waals surface area contributed by atoms with Crippen LogP contribution < -0.4 is 10.2 Å². The zero-order valence-electron chi connectivity index (χ0n) is 12.3. The second-order valence-corrected chi connectivity index (χ2v) is 5.03. The number of esters is 1. The average Bonchev–Trinajstić information content (AvgIpc) is 2.96. The van der Waals surface area contributed by atoms with E-state index in [0.717, 1.165) is 17.5 Å². The van der Waals surface area contributed by atoms with Crippen LogP contribution >= 0.6 is 11.8 Å². The lowest BCUT2D eigenvalue weighted by Crippen LogP contribution is -2.14. The first-order chi connectivity index (χ1) is 10.6. The fourth-order valence-corrected chi connectivity index (χ4v) is 2.14. The molecule has 2 rings (SSSR count). The van der Waals surface area contributed by atoms with Crippen LogP contribution in [0.15, 0.2) is 40.9 Å². The van der Waals surface area contributed by atoms with Crippen LogP contribution in [-0.2, 0) is 16.6 Å². The maximum absolute atomic E-state index is 11.8. The molecule has 2 aromatic rings. The van der Waals surface area contributed by atoms with Gasteiger partial charge in [-0.1, -0.05) is 0 Å². The number of hydrogen-bond donors (Lipinski definition) is 1. The van der Waals surface area contributed by atoms with Gasteiger partial charge >= 0.3 is 5.97 Å². The Morgan fingerprint density at radius 2 is 2.05 bits per heavy atom. The lowest BCUT2D eigenvalue weighted by Gasteiger charge is -2.06. The number of nitrogens with one attached hydrogen (secondary N) is 1.